The monoisotopic (exact) mass is 517 g/mol. The molecule has 0 fully saturated rings. The third-order valence-electron chi connectivity index (χ3n) is 5.14. The van der Waals surface area contributed by atoms with E-state index in [0.717, 1.165) is 16.4 Å². The van der Waals surface area contributed by atoms with Crippen molar-refractivity contribution in [3.05, 3.63) is 107 Å². The molecule has 0 aliphatic heterocycles. The first-order valence-electron chi connectivity index (χ1n) is 10.1. The molecule has 35 heavy (non-hydrogen) atoms. The zero-order valence-corrected chi connectivity index (χ0v) is 19.5. The summed E-state index contributed by atoms with van der Waals surface area (Å²) in [6, 6.07) is 12.6. The van der Waals surface area contributed by atoms with Crippen molar-refractivity contribution < 1.29 is 22.0 Å². The Labute approximate surface area is 204 Å². The lowest BCUT2D eigenvalue weighted by molar-refractivity contribution is -0.122. The Bertz CT molecular complexity index is 1430. The summed E-state index contributed by atoms with van der Waals surface area (Å²) in [5.74, 6) is -3.06. The summed E-state index contributed by atoms with van der Waals surface area (Å²) < 4.78 is 57.6. The molecule has 2 N–H and O–H groups in total. The summed E-state index contributed by atoms with van der Waals surface area (Å²) in [6.07, 6.45) is 2.86. The van der Waals surface area contributed by atoms with E-state index in [9.17, 15) is 22.0 Å². The van der Waals surface area contributed by atoms with Crippen LogP contribution < -0.4 is 5.73 Å². The number of hydrogen-bond acceptors (Lipinski definition) is 5. The molecule has 0 aliphatic rings. The highest BCUT2D eigenvalue weighted by Gasteiger charge is 2.36. The quantitative estimate of drug-likeness (QED) is 0.384. The molecular formula is C23H18ClF2N5O3S. The van der Waals surface area contributed by atoms with Gasteiger partial charge < -0.3 is 5.73 Å². The Kier molecular flexibility index (Phi) is 6.92. The average molecular weight is 518 g/mol. The minimum atomic E-state index is -4.39. The topological polar surface area (TPSA) is 111 Å². The fourth-order valence-electron chi connectivity index (χ4n) is 3.54. The van der Waals surface area contributed by atoms with Gasteiger partial charge in [0.05, 0.1) is 10.6 Å². The number of carbonyl (C=O) groups is 1. The van der Waals surface area contributed by atoms with Crippen molar-refractivity contribution in [3.63, 3.8) is 0 Å². The minimum Gasteiger partial charge on any atom is -0.368 e. The Morgan fingerprint density at radius 1 is 1.03 bits per heavy atom. The van der Waals surface area contributed by atoms with Crippen LogP contribution in [0.3, 0.4) is 0 Å². The number of nitrogens with two attached hydrogens (primary N) is 1. The highest BCUT2D eigenvalue weighted by molar-refractivity contribution is 7.89. The maximum Gasteiger partial charge on any atom is 0.244 e. The van der Waals surface area contributed by atoms with Crippen LogP contribution in [-0.2, 0) is 21.4 Å². The molecule has 180 valence electrons. The minimum absolute atomic E-state index is 0.177. The van der Waals surface area contributed by atoms with Crippen LogP contribution in [0, 0.1) is 11.6 Å². The molecule has 0 saturated carbocycles. The zero-order valence-electron chi connectivity index (χ0n) is 17.9. The first-order chi connectivity index (χ1) is 16.6. The SMILES string of the molecule is NC(=O)C(c1cc(F)cc(F)c1)N(Cc1ccc(-n2cncn2)cc1)S(=O)(=O)c1ccc(Cl)cc1. The molecule has 1 unspecified atom stereocenters. The average Bonchev–Trinajstić information content (AvgIpc) is 3.33. The second kappa shape index (κ2) is 9.90. The molecule has 1 atom stereocenters. The fraction of sp³-hybridized carbons (Fsp3) is 0.0870. The Balaban J connectivity index is 1.80. The third-order valence-corrected chi connectivity index (χ3v) is 7.21. The number of halogens is 3. The number of primary amides is 1. The summed E-state index contributed by atoms with van der Waals surface area (Å²) >= 11 is 5.89. The van der Waals surface area contributed by atoms with Gasteiger partial charge >= 0.3 is 0 Å². The van der Waals surface area contributed by atoms with Gasteiger partial charge in [0.2, 0.25) is 15.9 Å². The molecule has 4 aromatic rings. The van der Waals surface area contributed by atoms with Gasteiger partial charge in [-0.3, -0.25) is 4.79 Å². The lowest BCUT2D eigenvalue weighted by atomic mass is 10.1. The first kappa shape index (κ1) is 24.5. The second-order valence-corrected chi connectivity index (χ2v) is 9.85. The molecule has 1 heterocycles. The van der Waals surface area contributed by atoms with Crippen molar-refractivity contribution in [2.75, 3.05) is 0 Å². The van der Waals surface area contributed by atoms with E-state index in [1.54, 1.807) is 24.3 Å². The second-order valence-electron chi connectivity index (χ2n) is 7.52. The Hall–Kier alpha value is -3.67. The standard InChI is InChI=1S/C23H18ClF2N5O3S/c24-17-3-7-21(8-4-17)35(33,34)31(22(23(27)32)16-9-18(25)11-19(26)10-16)12-15-1-5-20(6-2-15)30-14-28-13-29-30/h1-11,13-14,22H,12H2,(H2,27,32). The van der Waals surface area contributed by atoms with Crippen molar-refractivity contribution in [2.45, 2.75) is 17.5 Å². The predicted molar refractivity (Wildman–Crippen MR) is 124 cm³/mol. The van der Waals surface area contributed by atoms with Crippen LogP contribution in [0.15, 0.2) is 84.3 Å². The van der Waals surface area contributed by atoms with Gasteiger partial charge in [0.1, 0.15) is 30.3 Å². The maximum atomic E-state index is 14.0. The smallest absolute Gasteiger partial charge is 0.244 e. The largest absolute Gasteiger partial charge is 0.368 e. The fourth-order valence-corrected chi connectivity index (χ4v) is 5.24. The van der Waals surface area contributed by atoms with Gasteiger partial charge in [-0.25, -0.2) is 26.9 Å². The van der Waals surface area contributed by atoms with Crippen molar-refractivity contribution >= 4 is 27.5 Å². The van der Waals surface area contributed by atoms with Gasteiger partial charge in [-0.15, -0.1) is 0 Å². The number of benzene rings is 3. The maximum absolute atomic E-state index is 14.0. The van der Waals surface area contributed by atoms with Gasteiger partial charge in [-0.1, -0.05) is 23.7 Å². The van der Waals surface area contributed by atoms with Gasteiger partial charge in [0.15, 0.2) is 0 Å². The number of nitrogens with zero attached hydrogens (tertiary/aromatic N) is 4. The van der Waals surface area contributed by atoms with E-state index >= 15 is 0 Å². The first-order valence-corrected chi connectivity index (χ1v) is 11.9. The molecule has 0 spiro atoms. The highest BCUT2D eigenvalue weighted by atomic mass is 35.5. The van der Waals surface area contributed by atoms with E-state index < -0.39 is 33.6 Å². The van der Waals surface area contributed by atoms with Crippen LogP contribution in [0.5, 0.6) is 0 Å². The van der Waals surface area contributed by atoms with Crippen LogP contribution in [0.4, 0.5) is 8.78 Å². The van der Waals surface area contributed by atoms with E-state index in [-0.39, 0.29) is 17.0 Å². The number of aromatic nitrogens is 3. The van der Waals surface area contributed by atoms with Gasteiger partial charge in [-0.2, -0.15) is 9.40 Å². The molecule has 0 radical (unpaired) electrons. The zero-order chi connectivity index (χ0) is 25.2. The van der Waals surface area contributed by atoms with Crippen LogP contribution in [0.2, 0.25) is 5.02 Å². The molecule has 4 rings (SSSR count). The van der Waals surface area contributed by atoms with E-state index in [1.165, 1.54) is 41.6 Å². The summed E-state index contributed by atoms with van der Waals surface area (Å²) in [5, 5.41) is 4.33. The van der Waals surface area contributed by atoms with Crippen molar-refractivity contribution in [3.8, 4) is 5.69 Å². The lowest BCUT2D eigenvalue weighted by Gasteiger charge is -2.29. The molecule has 1 amide bonds. The van der Waals surface area contributed by atoms with Crippen LogP contribution in [0.1, 0.15) is 17.2 Å². The summed E-state index contributed by atoms with van der Waals surface area (Å²) in [7, 11) is -4.39. The normalized spacial score (nSPS) is 12.6. The number of amides is 1. The molecule has 3 aromatic carbocycles. The van der Waals surface area contributed by atoms with E-state index in [2.05, 4.69) is 10.1 Å². The summed E-state index contributed by atoms with van der Waals surface area (Å²) in [4.78, 5) is 16.2. The Morgan fingerprint density at radius 2 is 1.66 bits per heavy atom. The van der Waals surface area contributed by atoms with E-state index in [1.807, 2.05) is 0 Å². The van der Waals surface area contributed by atoms with E-state index in [0.29, 0.717) is 22.3 Å². The lowest BCUT2D eigenvalue weighted by Crippen LogP contribution is -2.41. The molecule has 0 bridgehead atoms. The molecule has 0 aliphatic carbocycles. The van der Waals surface area contributed by atoms with Crippen molar-refractivity contribution in [1.29, 1.82) is 0 Å². The highest BCUT2D eigenvalue weighted by Crippen LogP contribution is 2.31. The van der Waals surface area contributed by atoms with E-state index in [4.69, 9.17) is 17.3 Å². The van der Waals surface area contributed by atoms with Gasteiger partial charge in [0.25, 0.3) is 0 Å². The summed E-state index contributed by atoms with van der Waals surface area (Å²) in [5.41, 5.74) is 6.48. The van der Waals surface area contributed by atoms with Crippen LogP contribution in [0.25, 0.3) is 5.69 Å². The van der Waals surface area contributed by atoms with Crippen LogP contribution >= 0.6 is 11.6 Å². The van der Waals surface area contributed by atoms with Crippen LogP contribution in [-0.4, -0.2) is 33.4 Å². The summed E-state index contributed by atoms with van der Waals surface area (Å²) in [6.45, 7) is -0.325. The molecule has 1 aromatic heterocycles. The molecule has 12 heteroatoms. The Morgan fingerprint density at radius 3 is 2.20 bits per heavy atom. The van der Waals surface area contributed by atoms with Gasteiger partial charge in [0, 0.05) is 17.6 Å². The number of hydrogen-bond donors (Lipinski definition) is 1. The van der Waals surface area contributed by atoms with Crippen molar-refractivity contribution in [1.82, 2.24) is 19.1 Å². The molecule has 8 nitrogen and oxygen atoms in total. The molecular weight excluding hydrogens is 500 g/mol. The number of sulfonamides is 1. The number of carbonyl (C=O) groups excluding carboxylic acids is 1. The molecule has 0 saturated heterocycles. The van der Waals surface area contributed by atoms with Gasteiger partial charge in [-0.05, 0) is 59.7 Å². The predicted octanol–water partition coefficient (Wildman–Crippen LogP) is 3.62. The third kappa shape index (κ3) is 5.37. The number of rotatable bonds is 8. The van der Waals surface area contributed by atoms with Crippen molar-refractivity contribution in [2.24, 2.45) is 5.73 Å².